The van der Waals surface area contributed by atoms with E-state index in [0.29, 0.717) is 25.9 Å². The van der Waals surface area contributed by atoms with E-state index in [1.807, 2.05) is 4.90 Å². The number of piperidine rings is 1. The van der Waals surface area contributed by atoms with Crippen molar-refractivity contribution in [1.29, 1.82) is 0 Å². The number of urea groups is 1. The highest BCUT2D eigenvalue weighted by atomic mass is 32.2. The molecule has 0 aromatic heterocycles. The lowest BCUT2D eigenvalue weighted by molar-refractivity contribution is -0.401. The normalized spacial score (nSPS) is 22.9. The molecule has 2 aliphatic heterocycles. The van der Waals surface area contributed by atoms with Crippen molar-refractivity contribution in [3.8, 4) is 0 Å². The van der Waals surface area contributed by atoms with Crippen molar-refractivity contribution in [2.75, 3.05) is 27.2 Å². The van der Waals surface area contributed by atoms with Gasteiger partial charge in [-0.15, -0.1) is 0 Å². The molecule has 1 aromatic rings. The average Bonchev–Trinajstić information content (AvgIpc) is 2.63. The number of halogens is 1. The second-order valence-corrected chi connectivity index (χ2v) is 8.49. The summed E-state index contributed by atoms with van der Waals surface area (Å²) in [4.78, 5) is 27.1. The molecule has 146 valence electrons. The third-order valence-corrected chi connectivity index (χ3v) is 6.41. The number of imide groups is 1. The van der Waals surface area contributed by atoms with Gasteiger partial charge in [-0.25, -0.2) is 26.9 Å². The number of rotatable bonds is 4. The average molecular weight is 397 g/mol. The summed E-state index contributed by atoms with van der Waals surface area (Å²) in [6, 6.07) is 3.64. The van der Waals surface area contributed by atoms with E-state index in [-0.39, 0.29) is 22.9 Å². The Labute approximate surface area is 157 Å². The van der Waals surface area contributed by atoms with E-state index >= 15 is 0 Å². The van der Waals surface area contributed by atoms with E-state index in [1.54, 1.807) is 13.3 Å². The summed E-state index contributed by atoms with van der Waals surface area (Å²) in [6.45, 7) is 0.998. The SMILES string of the molecule is CN1C(=O)C(N2CCC(NS(=O)(=O)c3cccc(F)c3)CC2)C=[N+](C)C1=O. The van der Waals surface area contributed by atoms with Gasteiger partial charge in [0.1, 0.15) is 12.0 Å². The summed E-state index contributed by atoms with van der Waals surface area (Å²) in [5.41, 5.74) is 0. The number of nitrogens with zero attached hydrogens (tertiary/aromatic N) is 3. The minimum Gasteiger partial charge on any atom is -0.284 e. The standard InChI is InChI=1S/C17H22FN4O4S/c1-20-11-15(16(23)21(2)17(20)24)22-8-6-13(7-9-22)19-27(25,26)14-5-3-4-12(18)10-14/h3-5,10-11,13,15,19H,6-9H2,1-2H3/q+1. The summed E-state index contributed by atoms with van der Waals surface area (Å²) in [6.07, 6.45) is 2.60. The van der Waals surface area contributed by atoms with Gasteiger partial charge in [0, 0.05) is 19.1 Å². The zero-order valence-corrected chi connectivity index (χ0v) is 15.9. The fourth-order valence-electron chi connectivity index (χ4n) is 3.34. The van der Waals surface area contributed by atoms with E-state index in [0.717, 1.165) is 11.0 Å². The smallest absolute Gasteiger partial charge is 0.284 e. The molecule has 8 nitrogen and oxygen atoms in total. The van der Waals surface area contributed by atoms with Crippen LogP contribution in [0.25, 0.3) is 0 Å². The van der Waals surface area contributed by atoms with Crippen molar-refractivity contribution in [1.82, 2.24) is 14.5 Å². The van der Waals surface area contributed by atoms with Crippen LogP contribution in [0.3, 0.4) is 0 Å². The monoisotopic (exact) mass is 397 g/mol. The summed E-state index contributed by atoms with van der Waals surface area (Å²) < 4.78 is 42.1. The Morgan fingerprint density at radius 3 is 2.52 bits per heavy atom. The summed E-state index contributed by atoms with van der Waals surface area (Å²) in [5, 5.41) is 0. The molecule has 0 saturated carbocycles. The van der Waals surface area contributed by atoms with Crippen LogP contribution in [-0.2, 0) is 14.8 Å². The zero-order valence-electron chi connectivity index (χ0n) is 15.1. The lowest BCUT2D eigenvalue weighted by atomic mass is 10.0. The number of likely N-dealkylation sites (N-methyl/N-ethyl adjacent to an activating group) is 1. The molecule has 3 amide bonds. The molecular weight excluding hydrogens is 375 g/mol. The summed E-state index contributed by atoms with van der Waals surface area (Å²) >= 11 is 0. The fraction of sp³-hybridized carbons (Fsp3) is 0.471. The van der Waals surface area contributed by atoms with Crippen molar-refractivity contribution < 1.29 is 27.0 Å². The number of hydrogen-bond donors (Lipinski definition) is 1. The quantitative estimate of drug-likeness (QED) is 0.736. The van der Waals surface area contributed by atoms with Gasteiger partial charge in [-0.1, -0.05) is 6.07 Å². The molecule has 1 aromatic carbocycles. The maximum Gasteiger partial charge on any atom is 0.500 e. The summed E-state index contributed by atoms with van der Waals surface area (Å²) in [5.74, 6) is -0.904. The van der Waals surface area contributed by atoms with Crippen LogP contribution >= 0.6 is 0 Å². The molecule has 0 spiro atoms. The maximum atomic E-state index is 13.3. The fourth-order valence-corrected chi connectivity index (χ4v) is 4.67. The topological polar surface area (TPSA) is 89.8 Å². The molecular formula is C17H22FN4O4S+. The third kappa shape index (κ3) is 4.07. The Morgan fingerprint density at radius 2 is 1.89 bits per heavy atom. The Hall–Kier alpha value is -2.17. The predicted molar refractivity (Wildman–Crippen MR) is 95.5 cm³/mol. The molecule has 0 radical (unpaired) electrons. The van der Waals surface area contributed by atoms with E-state index in [4.69, 9.17) is 0 Å². The minimum absolute atomic E-state index is 0.109. The number of benzene rings is 1. The third-order valence-electron chi connectivity index (χ3n) is 4.89. The molecule has 2 heterocycles. The largest absolute Gasteiger partial charge is 0.500 e. The predicted octanol–water partition coefficient (Wildman–Crippen LogP) is 0.242. The van der Waals surface area contributed by atoms with Gasteiger partial charge in [0.05, 0.1) is 19.0 Å². The first-order valence-electron chi connectivity index (χ1n) is 8.60. The van der Waals surface area contributed by atoms with Gasteiger partial charge in [0.25, 0.3) is 0 Å². The van der Waals surface area contributed by atoms with E-state index in [2.05, 4.69) is 4.72 Å². The number of nitrogens with one attached hydrogen (secondary N) is 1. The van der Waals surface area contributed by atoms with Gasteiger partial charge in [-0.3, -0.25) is 4.90 Å². The molecule has 27 heavy (non-hydrogen) atoms. The van der Waals surface area contributed by atoms with Crippen LogP contribution in [0.15, 0.2) is 29.2 Å². The Kier molecular flexibility index (Phi) is 5.41. The van der Waals surface area contributed by atoms with E-state index in [9.17, 15) is 22.4 Å². The molecule has 1 fully saturated rings. The van der Waals surface area contributed by atoms with Gasteiger partial charge >= 0.3 is 11.9 Å². The first-order valence-corrected chi connectivity index (χ1v) is 10.1. The van der Waals surface area contributed by atoms with Crippen molar-refractivity contribution in [2.45, 2.75) is 29.8 Å². The van der Waals surface area contributed by atoms with Gasteiger partial charge < -0.3 is 0 Å². The Balaban J connectivity index is 1.64. The molecule has 0 bridgehead atoms. The second-order valence-electron chi connectivity index (χ2n) is 6.77. The number of carbonyl (C=O) groups excluding carboxylic acids is 2. The lowest BCUT2D eigenvalue weighted by Gasteiger charge is -2.36. The van der Waals surface area contributed by atoms with Crippen molar-refractivity contribution >= 4 is 28.2 Å². The first kappa shape index (κ1) is 19.6. The number of hydrogen-bond acceptors (Lipinski definition) is 5. The molecule has 1 saturated heterocycles. The Morgan fingerprint density at radius 1 is 1.22 bits per heavy atom. The van der Waals surface area contributed by atoms with Crippen LogP contribution in [0.4, 0.5) is 9.18 Å². The molecule has 1 atom stereocenters. The Bertz CT molecular complexity index is 894. The van der Waals surface area contributed by atoms with Crippen LogP contribution in [0.1, 0.15) is 12.8 Å². The van der Waals surface area contributed by atoms with Gasteiger partial charge in [0.2, 0.25) is 10.0 Å². The lowest BCUT2D eigenvalue weighted by Crippen LogP contribution is -2.59. The zero-order chi connectivity index (χ0) is 19.8. The number of sulfonamides is 1. The maximum absolute atomic E-state index is 13.3. The van der Waals surface area contributed by atoms with Crippen LogP contribution in [-0.4, -0.2) is 80.2 Å². The first-order chi connectivity index (χ1) is 12.7. The molecule has 1 N–H and O–H groups in total. The highest BCUT2D eigenvalue weighted by molar-refractivity contribution is 7.89. The van der Waals surface area contributed by atoms with E-state index in [1.165, 1.54) is 29.8 Å². The molecule has 1 unspecified atom stereocenters. The number of amides is 3. The van der Waals surface area contributed by atoms with Crippen LogP contribution in [0, 0.1) is 5.82 Å². The van der Waals surface area contributed by atoms with Gasteiger partial charge in [-0.05, 0) is 31.0 Å². The molecule has 2 aliphatic rings. The van der Waals surface area contributed by atoms with Crippen LogP contribution in [0.5, 0.6) is 0 Å². The molecule has 3 rings (SSSR count). The van der Waals surface area contributed by atoms with E-state index < -0.39 is 21.9 Å². The van der Waals surface area contributed by atoms with Gasteiger partial charge in [0.15, 0.2) is 6.04 Å². The molecule has 0 aliphatic carbocycles. The highest BCUT2D eigenvalue weighted by Gasteiger charge is 2.42. The van der Waals surface area contributed by atoms with Crippen molar-refractivity contribution in [2.24, 2.45) is 0 Å². The van der Waals surface area contributed by atoms with Gasteiger partial charge in [-0.2, -0.15) is 9.69 Å². The van der Waals surface area contributed by atoms with Crippen molar-refractivity contribution in [3.05, 3.63) is 30.1 Å². The second kappa shape index (κ2) is 7.45. The molecule has 10 heteroatoms. The summed E-state index contributed by atoms with van der Waals surface area (Å²) in [7, 11) is -0.764. The number of likely N-dealkylation sites (tertiary alicyclic amines) is 1. The number of carbonyl (C=O) groups is 2. The minimum atomic E-state index is -3.80. The van der Waals surface area contributed by atoms with Crippen molar-refractivity contribution in [3.63, 3.8) is 0 Å². The van der Waals surface area contributed by atoms with Crippen LogP contribution in [0.2, 0.25) is 0 Å². The van der Waals surface area contributed by atoms with Crippen LogP contribution < -0.4 is 4.72 Å². The highest BCUT2D eigenvalue weighted by Crippen LogP contribution is 2.18.